The maximum atomic E-state index is 11.9. The van der Waals surface area contributed by atoms with Crippen LogP contribution in [0.25, 0.3) is 0 Å². The van der Waals surface area contributed by atoms with Crippen molar-refractivity contribution in [3.63, 3.8) is 0 Å². The van der Waals surface area contributed by atoms with Gasteiger partial charge in [-0.3, -0.25) is 4.79 Å². The van der Waals surface area contributed by atoms with Crippen LogP contribution in [0.1, 0.15) is 21.5 Å². The van der Waals surface area contributed by atoms with Gasteiger partial charge in [-0.2, -0.15) is 5.26 Å². The van der Waals surface area contributed by atoms with Crippen LogP contribution in [0.15, 0.2) is 36.9 Å². The zero-order chi connectivity index (χ0) is 13.0. The zero-order valence-corrected chi connectivity index (χ0v) is 9.71. The Kier molecular flexibility index (Phi) is 3.30. The van der Waals surface area contributed by atoms with Gasteiger partial charge < -0.3 is 5.32 Å². The molecule has 5 nitrogen and oxygen atoms in total. The fraction of sp³-hybridized carbons (Fsp3) is 0.0769. The summed E-state index contributed by atoms with van der Waals surface area (Å²) >= 11 is 0. The summed E-state index contributed by atoms with van der Waals surface area (Å²) < 4.78 is 0. The fourth-order valence-corrected chi connectivity index (χ4v) is 1.53. The molecule has 2 aromatic rings. The standard InChI is InChI=1S/C13H10N4O/c1-9-3-2-4-12(11(9)5-14)17-13(18)10-6-15-8-16-7-10/h2-4,6-8H,1H3,(H,17,18). The van der Waals surface area contributed by atoms with Crippen LogP contribution in [0.4, 0.5) is 5.69 Å². The lowest BCUT2D eigenvalue weighted by molar-refractivity contribution is 0.102. The molecule has 1 heterocycles. The fourth-order valence-electron chi connectivity index (χ4n) is 1.53. The number of carbonyl (C=O) groups is 1. The van der Waals surface area contributed by atoms with E-state index in [1.165, 1.54) is 18.7 Å². The highest BCUT2D eigenvalue weighted by Crippen LogP contribution is 2.18. The highest BCUT2D eigenvalue weighted by atomic mass is 16.1. The van der Waals surface area contributed by atoms with Crippen LogP contribution in [0, 0.1) is 18.3 Å². The van der Waals surface area contributed by atoms with E-state index < -0.39 is 0 Å². The van der Waals surface area contributed by atoms with Gasteiger partial charge in [-0.05, 0) is 18.6 Å². The molecule has 2 rings (SSSR count). The minimum Gasteiger partial charge on any atom is -0.321 e. The van der Waals surface area contributed by atoms with E-state index in [4.69, 9.17) is 5.26 Å². The number of amides is 1. The Balaban J connectivity index is 2.29. The molecule has 1 N–H and O–H groups in total. The summed E-state index contributed by atoms with van der Waals surface area (Å²) in [6, 6.07) is 7.37. The molecule has 5 heteroatoms. The quantitative estimate of drug-likeness (QED) is 0.866. The Morgan fingerprint density at radius 2 is 2.06 bits per heavy atom. The van der Waals surface area contributed by atoms with Crippen molar-refractivity contribution < 1.29 is 4.79 Å². The van der Waals surface area contributed by atoms with Gasteiger partial charge in [-0.15, -0.1) is 0 Å². The van der Waals surface area contributed by atoms with Gasteiger partial charge in [0.15, 0.2) is 0 Å². The topological polar surface area (TPSA) is 78.7 Å². The number of nitriles is 1. The Labute approximate surface area is 104 Å². The number of aromatic nitrogens is 2. The van der Waals surface area contributed by atoms with Gasteiger partial charge in [0, 0.05) is 12.4 Å². The van der Waals surface area contributed by atoms with Crippen molar-refractivity contribution in [2.75, 3.05) is 5.32 Å². The SMILES string of the molecule is Cc1cccc(NC(=O)c2cncnc2)c1C#N. The first-order valence-electron chi connectivity index (χ1n) is 5.28. The molecule has 0 spiro atoms. The molecular weight excluding hydrogens is 228 g/mol. The summed E-state index contributed by atoms with van der Waals surface area (Å²) in [5.41, 5.74) is 2.12. The first-order chi connectivity index (χ1) is 8.72. The lowest BCUT2D eigenvalue weighted by atomic mass is 10.1. The number of hydrogen-bond donors (Lipinski definition) is 1. The molecule has 0 aliphatic carbocycles. The van der Waals surface area contributed by atoms with Gasteiger partial charge >= 0.3 is 0 Å². The number of nitrogens with zero attached hydrogens (tertiary/aromatic N) is 3. The van der Waals surface area contributed by atoms with Crippen LogP contribution >= 0.6 is 0 Å². The number of nitrogens with one attached hydrogen (secondary N) is 1. The van der Waals surface area contributed by atoms with Crippen molar-refractivity contribution in [1.29, 1.82) is 5.26 Å². The molecule has 0 saturated carbocycles. The van der Waals surface area contributed by atoms with Gasteiger partial charge in [-0.1, -0.05) is 12.1 Å². The van der Waals surface area contributed by atoms with Gasteiger partial charge in [0.05, 0.1) is 16.8 Å². The van der Waals surface area contributed by atoms with Crippen LogP contribution < -0.4 is 5.32 Å². The van der Waals surface area contributed by atoms with Crippen LogP contribution in [-0.2, 0) is 0 Å². The molecule has 1 aromatic carbocycles. The Hall–Kier alpha value is -2.74. The molecule has 18 heavy (non-hydrogen) atoms. The second kappa shape index (κ2) is 5.06. The maximum Gasteiger partial charge on any atom is 0.258 e. The van der Waals surface area contributed by atoms with Crippen molar-refractivity contribution in [1.82, 2.24) is 9.97 Å². The highest BCUT2D eigenvalue weighted by molar-refractivity contribution is 6.04. The Bertz CT molecular complexity index is 617. The number of aryl methyl sites for hydroxylation is 1. The minimum absolute atomic E-state index is 0.335. The average Bonchev–Trinajstić information content (AvgIpc) is 2.40. The number of hydrogen-bond acceptors (Lipinski definition) is 4. The molecule has 1 amide bonds. The first kappa shape index (κ1) is 11.7. The van der Waals surface area contributed by atoms with Gasteiger partial charge in [0.1, 0.15) is 12.4 Å². The zero-order valence-electron chi connectivity index (χ0n) is 9.71. The molecule has 0 atom stereocenters. The van der Waals surface area contributed by atoms with Crippen LogP contribution in [-0.4, -0.2) is 15.9 Å². The summed E-state index contributed by atoms with van der Waals surface area (Å²) in [4.78, 5) is 19.4. The third-order valence-electron chi connectivity index (χ3n) is 2.46. The van der Waals surface area contributed by atoms with Gasteiger partial charge in [0.25, 0.3) is 5.91 Å². The molecule has 0 aliphatic heterocycles. The van der Waals surface area contributed by atoms with E-state index in [2.05, 4.69) is 21.4 Å². The summed E-state index contributed by atoms with van der Waals surface area (Å²) in [5, 5.41) is 11.7. The summed E-state index contributed by atoms with van der Waals surface area (Å²) in [7, 11) is 0. The first-order valence-corrected chi connectivity index (χ1v) is 5.28. The number of rotatable bonds is 2. The van der Waals surface area contributed by atoms with E-state index in [0.717, 1.165) is 5.56 Å². The summed E-state index contributed by atoms with van der Waals surface area (Å²) in [6.45, 7) is 1.82. The van der Waals surface area contributed by atoms with Crippen molar-refractivity contribution in [2.45, 2.75) is 6.92 Å². The Morgan fingerprint density at radius 3 is 2.72 bits per heavy atom. The molecule has 88 valence electrons. The van der Waals surface area contributed by atoms with E-state index >= 15 is 0 Å². The third-order valence-corrected chi connectivity index (χ3v) is 2.46. The van der Waals surface area contributed by atoms with Gasteiger partial charge in [-0.25, -0.2) is 9.97 Å². The van der Waals surface area contributed by atoms with E-state index in [1.54, 1.807) is 12.1 Å². The minimum atomic E-state index is -0.335. The lowest BCUT2D eigenvalue weighted by Gasteiger charge is -2.08. The maximum absolute atomic E-state index is 11.9. The smallest absolute Gasteiger partial charge is 0.258 e. The summed E-state index contributed by atoms with van der Waals surface area (Å²) in [5.74, 6) is -0.335. The molecule has 0 aliphatic rings. The second-order valence-electron chi connectivity index (χ2n) is 3.69. The van der Waals surface area contributed by atoms with E-state index in [1.807, 2.05) is 13.0 Å². The van der Waals surface area contributed by atoms with E-state index in [9.17, 15) is 4.79 Å². The second-order valence-corrected chi connectivity index (χ2v) is 3.69. The number of anilines is 1. The molecule has 0 unspecified atom stereocenters. The van der Waals surface area contributed by atoms with E-state index in [-0.39, 0.29) is 5.91 Å². The number of carbonyl (C=O) groups excluding carboxylic acids is 1. The van der Waals surface area contributed by atoms with E-state index in [0.29, 0.717) is 16.8 Å². The van der Waals surface area contributed by atoms with Crippen LogP contribution in [0.3, 0.4) is 0 Å². The highest BCUT2D eigenvalue weighted by Gasteiger charge is 2.10. The number of benzene rings is 1. The molecular formula is C13H10N4O. The lowest BCUT2D eigenvalue weighted by Crippen LogP contribution is -2.13. The summed E-state index contributed by atoms with van der Waals surface area (Å²) in [6.07, 6.45) is 4.19. The largest absolute Gasteiger partial charge is 0.321 e. The molecule has 0 bridgehead atoms. The van der Waals surface area contributed by atoms with Crippen molar-refractivity contribution >= 4 is 11.6 Å². The van der Waals surface area contributed by atoms with Crippen LogP contribution in [0.5, 0.6) is 0 Å². The molecule has 0 radical (unpaired) electrons. The normalized spacial score (nSPS) is 9.56. The molecule has 0 saturated heterocycles. The molecule has 1 aromatic heterocycles. The third kappa shape index (κ3) is 2.33. The monoisotopic (exact) mass is 238 g/mol. The van der Waals surface area contributed by atoms with Crippen molar-refractivity contribution in [3.05, 3.63) is 53.6 Å². The predicted octanol–water partition coefficient (Wildman–Crippen LogP) is 1.91. The van der Waals surface area contributed by atoms with Crippen LogP contribution in [0.2, 0.25) is 0 Å². The Morgan fingerprint density at radius 1 is 1.33 bits per heavy atom. The van der Waals surface area contributed by atoms with Crippen molar-refractivity contribution in [2.24, 2.45) is 0 Å². The average molecular weight is 238 g/mol. The predicted molar refractivity (Wildman–Crippen MR) is 65.9 cm³/mol. The van der Waals surface area contributed by atoms with Crippen molar-refractivity contribution in [3.8, 4) is 6.07 Å². The van der Waals surface area contributed by atoms with Gasteiger partial charge in [0.2, 0.25) is 0 Å². The molecule has 0 fully saturated rings.